The lowest BCUT2D eigenvalue weighted by atomic mass is 9.94. The van der Waals surface area contributed by atoms with Crippen LogP contribution in [-0.4, -0.2) is 62.2 Å². The van der Waals surface area contributed by atoms with E-state index in [0.717, 1.165) is 18.5 Å². The molecule has 1 aliphatic rings. The van der Waals surface area contributed by atoms with Gasteiger partial charge in [0.15, 0.2) is 0 Å². The third-order valence-corrected chi connectivity index (χ3v) is 4.70. The van der Waals surface area contributed by atoms with E-state index >= 15 is 0 Å². The van der Waals surface area contributed by atoms with E-state index in [-0.39, 0.29) is 12.6 Å². The predicted octanol–water partition coefficient (Wildman–Crippen LogP) is 2.94. The van der Waals surface area contributed by atoms with Gasteiger partial charge in [-0.25, -0.2) is 9.59 Å². The molecule has 1 aromatic carbocycles. The maximum absolute atomic E-state index is 12.9. The third-order valence-electron chi connectivity index (χ3n) is 4.70. The maximum Gasteiger partial charge on any atom is 0.338 e. The van der Waals surface area contributed by atoms with E-state index in [1.165, 1.54) is 0 Å². The minimum absolute atomic E-state index is 0.219. The fourth-order valence-corrected chi connectivity index (χ4v) is 3.45. The highest BCUT2D eigenvalue weighted by molar-refractivity contribution is 5.95. The minimum Gasteiger partial charge on any atom is -0.497 e. The Kier molecular flexibility index (Phi) is 7.87. The molecule has 0 bridgehead atoms. The number of esters is 1. The quantitative estimate of drug-likeness (QED) is 0.658. The Morgan fingerprint density at radius 1 is 1.29 bits per heavy atom. The van der Waals surface area contributed by atoms with Crippen LogP contribution in [0.2, 0.25) is 0 Å². The fourth-order valence-electron chi connectivity index (χ4n) is 3.45. The van der Waals surface area contributed by atoms with Crippen molar-refractivity contribution >= 4 is 12.0 Å². The Labute approximate surface area is 167 Å². The minimum atomic E-state index is -0.588. The highest BCUT2D eigenvalue weighted by Crippen LogP contribution is 2.33. The number of rotatable bonds is 9. The van der Waals surface area contributed by atoms with Gasteiger partial charge in [0, 0.05) is 18.8 Å². The molecule has 1 N–H and O–H groups in total. The molecule has 0 spiro atoms. The Balaban J connectivity index is 2.60. The zero-order chi connectivity index (χ0) is 20.7. The number of carbonyl (C=O) groups is 2. The molecule has 7 heteroatoms. The van der Waals surface area contributed by atoms with Crippen LogP contribution in [0.25, 0.3) is 0 Å². The van der Waals surface area contributed by atoms with Crippen molar-refractivity contribution in [3.63, 3.8) is 0 Å². The van der Waals surface area contributed by atoms with E-state index < -0.39 is 12.0 Å². The number of hydrogen-bond acceptors (Lipinski definition) is 5. The van der Waals surface area contributed by atoms with E-state index in [0.29, 0.717) is 30.1 Å². The lowest BCUT2D eigenvalue weighted by molar-refractivity contribution is -0.139. The summed E-state index contributed by atoms with van der Waals surface area (Å²) in [5.74, 6) is 0.256. The lowest BCUT2D eigenvalue weighted by Crippen LogP contribution is -2.50. The first kappa shape index (κ1) is 21.8. The molecule has 0 saturated heterocycles. The summed E-state index contributed by atoms with van der Waals surface area (Å²) in [5, 5.41) is 2.96. The Hall–Kier alpha value is -2.54. The van der Waals surface area contributed by atoms with Gasteiger partial charge in [-0.2, -0.15) is 0 Å². The van der Waals surface area contributed by atoms with Gasteiger partial charge in [0.05, 0.1) is 25.3 Å². The monoisotopic (exact) mass is 389 g/mol. The molecule has 7 nitrogen and oxygen atoms in total. The standard InChI is InChI=1S/C21H31N3O4/c1-6-12-23(4)14-17-18(20(25)28-8-3)19(22-21(26)24(17)7-2)15-10-9-11-16(13-15)27-5/h9-11,13,19H,6-8,12,14H2,1-5H3,(H,22,26)/t19-/m1/s1. The van der Waals surface area contributed by atoms with E-state index in [2.05, 4.69) is 17.1 Å². The van der Waals surface area contributed by atoms with E-state index in [4.69, 9.17) is 9.47 Å². The Morgan fingerprint density at radius 2 is 2.04 bits per heavy atom. The molecule has 2 rings (SSSR count). The van der Waals surface area contributed by atoms with Gasteiger partial charge in [0.25, 0.3) is 0 Å². The van der Waals surface area contributed by atoms with Crippen molar-refractivity contribution < 1.29 is 19.1 Å². The largest absolute Gasteiger partial charge is 0.497 e. The summed E-state index contributed by atoms with van der Waals surface area (Å²) in [4.78, 5) is 29.5. The lowest BCUT2D eigenvalue weighted by Gasteiger charge is -2.37. The van der Waals surface area contributed by atoms with Crippen molar-refractivity contribution in [3.8, 4) is 5.75 Å². The van der Waals surface area contributed by atoms with Gasteiger partial charge < -0.3 is 19.7 Å². The molecule has 0 saturated carbocycles. The topological polar surface area (TPSA) is 71.1 Å². The molecule has 28 heavy (non-hydrogen) atoms. The van der Waals surface area contributed by atoms with Crippen molar-refractivity contribution in [1.29, 1.82) is 0 Å². The molecular formula is C21H31N3O4. The number of nitrogens with one attached hydrogen (secondary N) is 1. The predicted molar refractivity (Wildman–Crippen MR) is 108 cm³/mol. The normalized spacial score (nSPS) is 17.0. The number of hydrogen-bond donors (Lipinski definition) is 1. The molecular weight excluding hydrogens is 358 g/mol. The van der Waals surface area contributed by atoms with Gasteiger partial charge in [0.2, 0.25) is 0 Å². The summed E-state index contributed by atoms with van der Waals surface area (Å²) in [5.41, 5.74) is 1.94. The first-order chi connectivity index (χ1) is 13.5. The second-order valence-corrected chi connectivity index (χ2v) is 6.72. The number of carbonyl (C=O) groups excluding carboxylic acids is 2. The third kappa shape index (κ3) is 4.84. The smallest absolute Gasteiger partial charge is 0.338 e. The van der Waals surface area contributed by atoms with E-state index in [9.17, 15) is 9.59 Å². The van der Waals surface area contributed by atoms with Crippen molar-refractivity contribution in [1.82, 2.24) is 15.1 Å². The number of amides is 2. The first-order valence-corrected chi connectivity index (χ1v) is 9.77. The second kappa shape index (κ2) is 10.1. The van der Waals surface area contributed by atoms with Crippen molar-refractivity contribution in [3.05, 3.63) is 41.1 Å². The first-order valence-electron chi connectivity index (χ1n) is 9.77. The highest BCUT2D eigenvalue weighted by Gasteiger charge is 2.38. The van der Waals surface area contributed by atoms with Crippen LogP contribution in [-0.2, 0) is 9.53 Å². The average molecular weight is 389 g/mol. The summed E-state index contributed by atoms with van der Waals surface area (Å²) in [7, 11) is 3.57. The van der Waals surface area contributed by atoms with Crippen molar-refractivity contribution in [2.75, 3.05) is 40.4 Å². The zero-order valence-electron chi connectivity index (χ0n) is 17.4. The fraction of sp³-hybridized carbons (Fsp3) is 0.524. The molecule has 1 heterocycles. The average Bonchev–Trinajstić information content (AvgIpc) is 2.68. The van der Waals surface area contributed by atoms with Crippen LogP contribution in [0.4, 0.5) is 4.79 Å². The second-order valence-electron chi connectivity index (χ2n) is 6.72. The summed E-state index contributed by atoms with van der Waals surface area (Å²) < 4.78 is 10.7. The molecule has 0 aromatic heterocycles. The van der Waals surface area contributed by atoms with Gasteiger partial charge in [-0.05, 0) is 51.6 Å². The highest BCUT2D eigenvalue weighted by atomic mass is 16.5. The molecule has 1 aromatic rings. The molecule has 2 amide bonds. The molecule has 0 fully saturated rings. The molecule has 1 aliphatic heterocycles. The molecule has 0 radical (unpaired) electrons. The summed E-state index contributed by atoms with van der Waals surface area (Å²) in [6.07, 6.45) is 0.982. The van der Waals surface area contributed by atoms with Crippen LogP contribution in [0.1, 0.15) is 38.8 Å². The van der Waals surface area contributed by atoms with Crippen molar-refractivity contribution in [2.24, 2.45) is 0 Å². The van der Waals surface area contributed by atoms with E-state index in [1.54, 1.807) is 18.9 Å². The van der Waals surface area contributed by atoms with Crippen LogP contribution < -0.4 is 10.1 Å². The summed E-state index contributed by atoms with van der Waals surface area (Å²) >= 11 is 0. The van der Waals surface area contributed by atoms with Crippen LogP contribution in [0, 0.1) is 0 Å². The van der Waals surface area contributed by atoms with Gasteiger partial charge in [-0.15, -0.1) is 0 Å². The number of methoxy groups -OCH3 is 1. The van der Waals surface area contributed by atoms with Crippen LogP contribution in [0.15, 0.2) is 35.5 Å². The maximum atomic E-state index is 12.9. The number of likely N-dealkylation sites (N-methyl/N-ethyl adjacent to an activating group) is 2. The van der Waals surface area contributed by atoms with Gasteiger partial charge in [-0.1, -0.05) is 19.1 Å². The Bertz CT molecular complexity index is 732. The molecule has 1 atom stereocenters. The number of benzene rings is 1. The Morgan fingerprint density at radius 3 is 2.64 bits per heavy atom. The van der Waals surface area contributed by atoms with Gasteiger partial charge in [-0.3, -0.25) is 4.90 Å². The molecule has 0 aliphatic carbocycles. The van der Waals surface area contributed by atoms with Gasteiger partial charge >= 0.3 is 12.0 Å². The molecule has 154 valence electrons. The summed E-state index contributed by atoms with van der Waals surface area (Å²) in [6.45, 7) is 7.86. The number of ether oxygens (including phenoxy) is 2. The van der Waals surface area contributed by atoms with Gasteiger partial charge in [0.1, 0.15) is 5.75 Å². The zero-order valence-corrected chi connectivity index (χ0v) is 17.4. The number of nitrogens with zero attached hydrogens (tertiary/aromatic N) is 2. The van der Waals surface area contributed by atoms with Crippen LogP contribution >= 0.6 is 0 Å². The van der Waals surface area contributed by atoms with Crippen LogP contribution in [0.3, 0.4) is 0 Å². The van der Waals surface area contributed by atoms with E-state index in [1.807, 2.05) is 38.2 Å². The summed E-state index contributed by atoms with van der Waals surface area (Å²) in [6, 6.07) is 6.58. The number of urea groups is 1. The SMILES string of the molecule is CCCN(C)CC1=C(C(=O)OCC)[C@@H](c2cccc(OC)c2)NC(=O)N1CC. The molecule has 0 unspecified atom stereocenters. The van der Waals surface area contributed by atoms with Crippen molar-refractivity contribution in [2.45, 2.75) is 33.2 Å². The van der Waals surface area contributed by atoms with Crippen LogP contribution in [0.5, 0.6) is 5.75 Å².